The number of carbonyl (C=O) groups is 1. The van der Waals surface area contributed by atoms with Gasteiger partial charge in [0.15, 0.2) is 0 Å². The first kappa shape index (κ1) is 22.9. The van der Waals surface area contributed by atoms with Gasteiger partial charge >= 0.3 is 15.1 Å². The Morgan fingerprint density at radius 2 is 2.03 bits per heavy atom. The lowest BCUT2D eigenvalue weighted by atomic mass is 10.1. The lowest BCUT2D eigenvalue weighted by Crippen LogP contribution is -2.50. The van der Waals surface area contributed by atoms with Crippen LogP contribution in [0.5, 0.6) is 0 Å². The van der Waals surface area contributed by atoms with Crippen LogP contribution in [0.25, 0.3) is 0 Å². The average molecular weight is 476 g/mol. The van der Waals surface area contributed by atoms with Crippen molar-refractivity contribution in [2.45, 2.75) is 25.2 Å². The fourth-order valence-electron chi connectivity index (χ4n) is 3.17. The predicted molar refractivity (Wildman–Crippen MR) is 103 cm³/mol. The van der Waals surface area contributed by atoms with Crippen LogP contribution in [0, 0.1) is 29.9 Å². The quantitative estimate of drug-likeness (QED) is 0.396. The van der Waals surface area contributed by atoms with Gasteiger partial charge in [-0.15, -0.1) is 0 Å². The molecule has 1 aliphatic heterocycles. The van der Waals surface area contributed by atoms with E-state index in [2.05, 4.69) is 10.3 Å². The van der Waals surface area contributed by atoms with Gasteiger partial charge in [0, 0.05) is 18.3 Å². The maximum absolute atomic E-state index is 14.0. The minimum atomic E-state index is -4.84. The van der Waals surface area contributed by atoms with E-state index in [0.717, 1.165) is 16.7 Å². The van der Waals surface area contributed by atoms with Crippen molar-refractivity contribution in [3.63, 3.8) is 0 Å². The number of anilines is 2. The summed E-state index contributed by atoms with van der Waals surface area (Å²) in [5.74, 6) is -2.55. The van der Waals surface area contributed by atoms with E-state index in [9.17, 15) is 37.1 Å². The summed E-state index contributed by atoms with van der Waals surface area (Å²) in [4.78, 5) is 16.8. The van der Waals surface area contributed by atoms with Crippen LogP contribution < -0.4 is 9.88 Å². The Hall–Kier alpha value is -2.75. The number of aromatic nitrogens is 1. The van der Waals surface area contributed by atoms with Crippen molar-refractivity contribution in [2.75, 3.05) is 16.4 Å². The molecule has 1 radical (unpaired) electrons. The molecule has 3 rings (SSSR count). The predicted octanol–water partition coefficient (Wildman–Crippen LogP) is 4.13. The first-order chi connectivity index (χ1) is 14.4. The van der Waals surface area contributed by atoms with Crippen molar-refractivity contribution < 1.29 is 31.9 Å². The Morgan fingerprint density at radius 3 is 2.65 bits per heavy atom. The fraction of sp³-hybridized carbons (Fsp3) is 0.278. The van der Waals surface area contributed by atoms with Crippen LogP contribution in [-0.4, -0.2) is 36.9 Å². The van der Waals surface area contributed by atoms with E-state index in [4.69, 9.17) is 11.6 Å². The molecule has 1 fully saturated rings. The molecular formula is C18H13ClF5N4O2Si. The van der Waals surface area contributed by atoms with Gasteiger partial charge in [-0.2, -0.15) is 18.4 Å². The van der Waals surface area contributed by atoms with Gasteiger partial charge in [-0.3, -0.25) is 4.79 Å². The molecule has 0 bridgehead atoms. The highest BCUT2D eigenvalue weighted by Gasteiger charge is 2.45. The lowest BCUT2D eigenvalue weighted by Gasteiger charge is -2.26. The minimum absolute atomic E-state index is 0.0240. The van der Waals surface area contributed by atoms with Gasteiger partial charge in [-0.25, -0.2) is 13.8 Å². The molecule has 0 aliphatic carbocycles. The van der Waals surface area contributed by atoms with E-state index in [1.54, 1.807) is 0 Å². The monoisotopic (exact) mass is 475 g/mol. The third-order valence-electron chi connectivity index (χ3n) is 4.52. The zero-order chi connectivity index (χ0) is 23.1. The molecule has 1 aromatic heterocycles. The number of nitrogens with one attached hydrogen (secondary N) is 1. The molecule has 2 heterocycles. The molecule has 0 saturated carbocycles. The van der Waals surface area contributed by atoms with Crippen molar-refractivity contribution in [3.8, 4) is 6.07 Å². The average Bonchev–Trinajstić information content (AvgIpc) is 3.06. The number of hydrogen-bond acceptors (Lipinski definition) is 5. The second-order valence-corrected chi connectivity index (χ2v) is 9.50. The van der Waals surface area contributed by atoms with Crippen LogP contribution in [0.4, 0.5) is 38.3 Å². The van der Waals surface area contributed by atoms with Crippen LogP contribution in [0.1, 0.15) is 23.2 Å². The molecule has 0 spiro atoms. The number of rotatable bonds is 3. The summed E-state index contributed by atoms with van der Waals surface area (Å²) in [6.07, 6.45) is -4.81. The number of nitrogens with zero attached hydrogens (tertiary/aromatic N) is 3. The van der Waals surface area contributed by atoms with Crippen molar-refractivity contribution in [1.29, 1.82) is 5.26 Å². The third kappa shape index (κ3) is 4.48. The molecule has 1 amide bonds. The van der Waals surface area contributed by atoms with Crippen molar-refractivity contribution >= 4 is 37.6 Å². The zero-order valence-electron chi connectivity index (χ0n) is 15.7. The van der Waals surface area contributed by atoms with E-state index in [1.165, 1.54) is 13.0 Å². The van der Waals surface area contributed by atoms with Gasteiger partial charge in [0.1, 0.15) is 29.1 Å². The second kappa shape index (κ2) is 8.41. The molecule has 1 saturated heterocycles. The molecule has 13 heteroatoms. The number of benzene rings is 1. The van der Waals surface area contributed by atoms with Crippen molar-refractivity contribution in [2.24, 2.45) is 0 Å². The largest absolute Gasteiger partial charge is 0.417 e. The van der Waals surface area contributed by atoms with Crippen LogP contribution in [0.2, 0.25) is 5.02 Å². The number of nitriles is 1. The maximum atomic E-state index is 14.0. The molecule has 0 unspecified atom stereocenters. The van der Waals surface area contributed by atoms with E-state index < -0.39 is 59.9 Å². The van der Waals surface area contributed by atoms with Gasteiger partial charge in [0.2, 0.25) is 5.53 Å². The number of aliphatic hydroxyl groups excluding tert-OH is 1. The number of aryl methyl sites for hydroxylation is 1. The highest BCUT2D eigenvalue weighted by Crippen LogP contribution is 2.37. The zero-order valence-corrected chi connectivity index (χ0v) is 17.4. The molecule has 2 N–H and O–H groups in total. The normalized spacial score (nSPS) is 17.0. The summed E-state index contributed by atoms with van der Waals surface area (Å²) in [6.45, 7) is 1.26. The van der Waals surface area contributed by atoms with Crippen LogP contribution >= 0.6 is 11.6 Å². The molecule has 163 valence electrons. The van der Waals surface area contributed by atoms with E-state index in [1.807, 2.05) is 0 Å². The highest BCUT2D eigenvalue weighted by molar-refractivity contribution is 6.95. The third-order valence-corrected chi connectivity index (χ3v) is 7.34. The van der Waals surface area contributed by atoms with Crippen LogP contribution in [-0.2, 0) is 6.18 Å². The van der Waals surface area contributed by atoms with E-state index >= 15 is 0 Å². The molecule has 1 aromatic carbocycles. The number of hydrogen-bond donors (Lipinski definition) is 2. The standard InChI is InChI=1S/C18H13ClF5N4O2Si/c1-8-4-10(18(22,23)24)9(7-25)16(26-8)28-3-2-15(29)31(28)17(30)27-14-5-11(19)12(20)6-13(14)21/h4-6,15,29H,2-3H2,1H3,(H,27,30)/t15-/m1/s1. The Morgan fingerprint density at radius 1 is 1.35 bits per heavy atom. The Labute approximate surface area is 179 Å². The Balaban J connectivity index is 2.02. The molecular weight excluding hydrogens is 463 g/mol. The van der Waals surface area contributed by atoms with Crippen LogP contribution in [0.15, 0.2) is 18.2 Å². The van der Waals surface area contributed by atoms with Gasteiger partial charge < -0.3 is 15.0 Å². The summed E-state index contributed by atoms with van der Waals surface area (Å²) in [5, 5.41) is 21.4. The number of pyridine rings is 1. The van der Waals surface area contributed by atoms with Gasteiger partial charge in [-0.1, -0.05) is 11.6 Å². The first-order valence-corrected chi connectivity index (χ1v) is 10.6. The highest BCUT2D eigenvalue weighted by atomic mass is 35.5. The number of amides is 1. The second-order valence-electron chi connectivity index (χ2n) is 6.66. The van der Waals surface area contributed by atoms with Gasteiger partial charge in [0.25, 0.3) is 0 Å². The number of aliphatic hydroxyl groups is 1. The topological polar surface area (TPSA) is 89.3 Å². The Kier molecular flexibility index (Phi) is 6.22. The van der Waals surface area contributed by atoms with Gasteiger partial charge in [0.05, 0.1) is 22.0 Å². The number of halogens is 6. The lowest BCUT2D eigenvalue weighted by molar-refractivity contribution is -0.137. The summed E-state index contributed by atoms with van der Waals surface area (Å²) in [5.41, 5.74) is -4.62. The fourth-order valence-corrected chi connectivity index (χ4v) is 5.67. The van der Waals surface area contributed by atoms with Crippen LogP contribution in [0.3, 0.4) is 0 Å². The number of carbonyl (C=O) groups excluding carboxylic acids is 1. The molecule has 1 aliphatic rings. The van der Waals surface area contributed by atoms with E-state index in [-0.39, 0.29) is 24.5 Å². The molecule has 31 heavy (non-hydrogen) atoms. The Bertz CT molecular complexity index is 1090. The molecule has 1 atom stereocenters. The SMILES string of the molecule is Cc1cc(C(F)(F)F)c(C#N)c(N2CC[C@H](O)[Si]2C(=O)Nc2cc(Cl)c(F)cc2F)n1. The minimum Gasteiger partial charge on any atom is -0.394 e. The van der Waals surface area contributed by atoms with Gasteiger partial charge in [-0.05, 0) is 25.5 Å². The summed E-state index contributed by atoms with van der Waals surface area (Å²) >= 11 is 5.60. The van der Waals surface area contributed by atoms with Crippen molar-refractivity contribution in [3.05, 3.63) is 51.7 Å². The summed E-state index contributed by atoms with van der Waals surface area (Å²) in [6, 6.07) is 3.50. The smallest absolute Gasteiger partial charge is 0.394 e. The maximum Gasteiger partial charge on any atom is 0.417 e. The summed E-state index contributed by atoms with van der Waals surface area (Å²) in [7, 11) is -2.75. The summed E-state index contributed by atoms with van der Waals surface area (Å²) < 4.78 is 68.7. The van der Waals surface area contributed by atoms with Crippen molar-refractivity contribution in [1.82, 2.24) is 4.98 Å². The first-order valence-electron chi connectivity index (χ1n) is 8.71. The molecule has 6 nitrogen and oxygen atoms in total. The molecule has 2 aromatic rings. The number of alkyl halides is 3. The van der Waals surface area contributed by atoms with E-state index in [0.29, 0.717) is 6.07 Å².